The number of allylic oxidation sites excluding steroid dienone is 1. The van der Waals surface area contributed by atoms with Gasteiger partial charge in [0, 0.05) is 11.8 Å². The minimum absolute atomic E-state index is 0.292. The first-order chi connectivity index (χ1) is 9.35. The van der Waals surface area contributed by atoms with Gasteiger partial charge in [-0.15, -0.1) is 6.58 Å². The average molecular weight is 256 g/mol. The molecule has 1 fully saturated rings. The molecule has 1 aliphatic carbocycles. The van der Waals surface area contributed by atoms with Crippen LogP contribution >= 0.6 is 0 Å². The van der Waals surface area contributed by atoms with Gasteiger partial charge in [-0.3, -0.25) is 0 Å². The Balaban J connectivity index is 1.97. The summed E-state index contributed by atoms with van der Waals surface area (Å²) >= 11 is 0. The predicted octanol–water partition coefficient (Wildman–Crippen LogP) is 4.75. The lowest BCUT2D eigenvalue weighted by atomic mass is 10.00. The molecule has 0 unspecified atom stereocenters. The van der Waals surface area contributed by atoms with Crippen LogP contribution in [0.4, 0.5) is 0 Å². The zero-order chi connectivity index (χ0) is 13.5. The van der Waals surface area contributed by atoms with Crippen LogP contribution in [0.15, 0.2) is 55.1 Å². The Morgan fingerprint density at radius 1 is 1.21 bits per heavy atom. The van der Waals surface area contributed by atoms with Gasteiger partial charge >= 0.3 is 0 Å². The number of rotatable bonds is 6. The Morgan fingerprint density at radius 2 is 1.95 bits per heavy atom. The average Bonchev–Trinajstić information content (AvgIpc) is 2.86. The van der Waals surface area contributed by atoms with E-state index >= 15 is 0 Å². The fourth-order valence-corrected chi connectivity index (χ4v) is 2.81. The van der Waals surface area contributed by atoms with E-state index in [1.807, 2.05) is 6.07 Å². The molecule has 19 heavy (non-hydrogen) atoms. The van der Waals surface area contributed by atoms with Gasteiger partial charge in [-0.2, -0.15) is 0 Å². The molecule has 1 nitrogen and oxygen atoms in total. The molecule has 102 valence electrons. The van der Waals surface area contributed by atoms with Crippen molar-refractivity contribution in [2.24, 2.45) is 11.8 Å². The highest BCUT2D eigenvalue weighted by Crippen LogP contribution is 2.36. The first kappa shape index (κ1) is 14.1. The van der Waals surface area contributed by atoms with E-state index in [9.17, 15) is 0 Å². The molecule has 1 saturated carbocycles. The summed E-state index contributed by atoms with van der Waals surface area (Å²) in [5, 5.41) is 0. The number of benzene rings is 1. The van der Waals surface area contributed by atoms with Crippen LogP contribution in [-0.4, -0.2) is 6.10 Å². The third-order valence-electron chi connectivity index (χ3n) is 3.88. The normalized spacial score (nSPS) is 26.9. The van der Waals surface area contributed by atoms with Crippen LogP contribution in [-0.2, 0) is 11.3 Å². The van der Waals surface area contributed by atoms with Crippen molar-refractivity contribution < 1.29 is 4.74 Å². The molecule has 0 saturated heterocycles. The number of ether oxygens (including phenoxy) is 1. The number of hydrogen-bond donors (Lipinski definition) is 0. The minimum Gasteiger partial charge on any atom is -0.372 e. The van der Waals surface area contributed by atoms with Crippen molar-refractivity contribution in [3.8, 4) is 0 Å². The van der Waals surface area contributed by atoms with Crippen molar-refractivity contribution in [1.29, 1.82) is 0 Å². The minimum atomic E-state index is 0.292. The molecule has 2 rings (SSSR count). The van der Waals surface area contributed by atoms with Crippen molar-refractivity contribution in [3.63, 3.8) is 0 Å². The molecule has 0 N–H and O–H groups in total. The Hall–Kier alpha value is -1.34. The zero-order valence-corrected chi connectivity index (χ0v) is 11.8. The lowest BCUT2D eigenvalue weighted by Gasteiger charge is -2.22. The van der Waals surface area contributed by atoms with E-state index in [-0.39, 0.29) is 0 Å². The SMILES string of the molecule is C=C[C@@H]1CC[C@H](/C=C\CC)[C@@H]1OCc1ccccc1. The van der Waals surface area contributed by atoms with Crippen LogP contribution < -0.4 is 0 Å². The summed E-state index contributed by atoms with van der Waals surface area (Å²) < 4.78 is 6.18. The molecule has 1 aromatic rings. The smallest absolute Gasteiger partial charge is 0.0721 e. The lowest BCUT2D eigenvalue weighted by Crippen LogP contribution is -2.23. The molecule has 1 heteroatoms. The Kier molecular flexibility index (Phi) is 5.41. The van der Waals surface area contributed by atoms with Gasteiger partial charge < -0.3 is 4.74 Å². The molecule has 0 amide bonds. The standard InChI is InChI=1S/C18H24O/c1-3-5-11-17-13-12-16(4-2)18(17)19-14-15-9-7-6-8-10-15/h4-11,16-18H,2-3,12-14H2,1H3/b11-5-/t16-,17+,18-/m1/s1. The van der Waals surface area contributed by atoms with Crippen molar-refractivity contribution in [2.75, 3.05) is 0 Å². The quantitative estimate of drug-likeness (QED) is 0.667. The summed E-state index contributed by atoms with van der Waals surface area (Å²) in [4.78, 5) is 0. The Bertz CT molecular complexity index is 407. The highest BCUT2D eigenvalue weighted by Gasteiger charge is 2.33. The summed E-state index contributed by atoms with van der Waals surface area (Å²) in [6.45, 7) is 6.84. The van der Waals surface area contributed by atoms with Gasteiger partial charge in [-0.25, -0.2) is 0 Å². The molecular weight excluding hydrogens is 232 g/mol. The van der Waals surface area contributed by atoms with Crippen LogP contribution in [0.5, 0.6) is 0 Å². The summed E-state index contributed by atoms with van der Waals surface area (Å²) in [6.07, 6.45) is 10.5. The maximum atomic E-state index is 6.18. The molecule has 0 heterocycles. The second-order valence-electron chi connectivity index (χ2n) is 5.24. The van der Waals surface area contributed by atoms with E-state index in [1.165, 1.54) is 18.4 Å². The van der Waals surface area contributed by atoms with Crippen molar-refractivity contribution in [2.45, 2.75) is 38.9 Å². The lowest BCUT2D eigenvalue weighted by molar-refractivity contribution is 0.00979. The maximum Gasteiger partial charge on any atom is 0.0721 e. The second-order valence-corrected chi connectivity index (χ2v) is 5.24. The van der Waals surface area contributed by atoms with Gasteiger partial charge in [0.25, 0.3) is 0 Å². The van der Waals surface area contributed by atoms with E-state index in [4.69, 9.17) is 4.74 Å². The predicted molar refractivity (Wildman–Crippen MR) is 80.9 cm³/mol. The highest BCUT2D eigenvalue weighted by atomic mass is 16.5. The van der Waals surface area contributed by atoms with E-state index in [0.717, 1.165) is 6.42 Å². The Morgan fingerprint density at radius 3 is 2.63 bits per heavy atom. The van der Waals surface area contributed by atoms with Crippen LogP contribution in [0.2, 0.25) is 0 Å². The third-order valence-corrected chi connectivity index (χ3v) is 3.88. The molecule has 0 aromatic heterocycles. The van der Waals surface area contributed by atoms with Crippen molar-refractivity contribution in [3.05, 3.63) is 60.7 Å². The van der Waals surface area contributed by atoms with Gasteiger partial charge in [0.15, 0.2) is 0 Å². The van der Waals surface area contributed by atoms with E-state index in [2.05, 4.69) is 56.0 Å². The van der Waals surface area contributed by atoms with Gasteiger partial charge in [-0.1, -0.05) is 55.5 Å². The van der Waals surface area contributed by atoms with Crippen LogP contribution in [0, 0.1) is 11.8 Å². The van der Waals surface area contributed by atoms with Crippen LogP contribution in [0.3, 0.4) is 0 Å². The molecule has 3 atom stereocenters. The van der Waals surface area contributed by atoms with Gasteiger partial charge in [0.1, 0.15) is 0 Å². The number of hydrogen-bond acceptors (Lipinski definition) is 1. The first-order valence-corrected chi connectivity index (χ1v) is 7.30. The first-order valence-electron chi connectivity index (χ1n) is 7.30. The maximum absolute atomic E-state index is 6.18. The summed E-state index contributed by atoms with van der Waals surface area (Å²) in [6, 6.07) is 10.4. The summed E-state index contributed by atoms with van der Waals surface area (Å²) in [5.41, 5.74) is 1.25. The van der Waals surface area contributed by atoms with Crippen LogP contribution in [0.1, 0.15) is 31.7 Å². The summed E-state index contributed by atoms with van der Waals surface area (Å²) in [5.74, 6) is 1.04. The highest BCUT2D eigenvalue weighted by molar-refractivity contribution is 5.14. The fraction of sp³-hybridized carbons (Fsp3) is 0.444. The Labute approximate surface area is 117 Å². The van der Waals surface area contributed by atoms with Crippen molar-refractivity contribution in [1.82, 2.24) is 0 Å². The molecular formula is C18H24O. The third kappa shape index (κ3) is 3.81. The van der Waals surface area contributed by atoms with Crippen LogP contribution in [0.25, 0.3) is 0 Å². The van der Waals surface area contributed by atoms with Crippen molar-refractivity contribution >= 4 is 0 Å². The molecule has 0 spiro atoms. The van der Waals surface area contributed by atoms with Gasteiger partial charge in [0.2, 0.25) is 0 Å². The van der Waals surface area contributed by atoms with Gasteiger partial charge in [-0.05, 0) is 24.8 Å². The largest absolute Gasteiger partial charge is 0.372 e. The molecule has 0 radical (unpaired) electrons. The second kappa shape index (κ2) is 7.30. The van der Waals surface area contributed by atoms with E-state index < -0.39 is 0 Å². The monoisotopic (exact) mass is 256 g/mol. The van der Waals surface area contributed by atoms with E-state index in [0.29, 0.717) is 24.5 Å². The van der Waals surface area contributed by atoms with Gasteiger partial charge in [0.05, 0.1) is 12.7 Å². The molecule has 1 aliphatic rings. The zero-order valence-electron chi connectivity index (χ0n) is 11.8. The van der Waals surface area contributed by atoms with E-state index in [1.54, 1.807) is 0 Å². The molecule has 1 aromatic carbocycles. The molecule has 0 aliphatic heterocycles. The summed E-state index contributed by atoms with van der Waals surface area (Å²) in [7, 11) is 0. The topological polar surface area (TPSA) is 9.23 Å². The molecule has 0 bridgehead atoms. The fourth-order valence-electron chi connectivity index (χ4n) is 2.81.